The average Bonchev–Trinajstić information content (AvgIpc) is 3.81. The van der Waals surface area contributed by atoms with Gasteiger partial charge in [-0.2, -0.15) is 0 Å². The van der Waals surface area contributed by atoms with Crippen LogP contribution in [-0.4, -0.2) is 4.98 Å². The van der Waals surface area contributed by atoms with Gasteiger partial charge in [0.25, 0.3) is 0 Å². The second kappa shape index (κ2) is 11.9. The Morgan fingerprint density at radius 2 is 1.04 bits per heavy atom. The molecule has 0 aliphatic carbocycles. The second-order valence-corrected chi connectivity index (χ2v) is 12.8. The molecule has 10 rings (SSSR count). The summed E-state index contributed by atoms with van der Waals surface area (Å²) in [5.41, 5.74) is 12.1. The number of furan rings is 1. The Labute approximate surface area is 294 Å². The van der Waals surface area contributed by atoms with Crippen LogP contribution in [0.1, 0.15) is 0 Å². The predicted molar refractivity (Wildman–Crippen MR) is 210 cm³/mol. The molecule has 0 saturated carbocycles. The summed E-state index contributed by atoms with van der Waals surface area (Å²) in [6.45, 7) is 0. The highest BCUT2D eigenvalue weighted by Crippen LogP contribution is 2.41. The fraction of sp³-hybridized carbons (Fsp3) is 0. The van der Waals surface area contributed by atoms with Gasteiger partial charge in [-0.1, -0.05) is 115 Å². The van der Waals surface area contributed by atoms with E-state index in [1.54, 1.807) is 0 Å². The van der Waals surface area contributed by atoms with Gasteiger partial charge in [0, 0.05) is 38.8 Å². The van der Waals surface area contributed by atoms with E-state index in [0.717, 1.165) is 77.6 Å². The number of anilines is 3. The molecule has 0 fully saturated rings. The van der Waals surface area contributed by atoms with Crippen LogP contribution in [0.2, 0.25) is 0 Å². The van der Waals surface area contributed by atoms with Crippen LogP contribution >= 0.6 is 0 Å². The van der Waals surface area contributed by atoms with Crippen molar-refractivity contribution in [2.75, 3.05) is 4.90 Å². The molecule has 0 radical (unpaired) electrons. The lowest BCUT2D eigenvalue weighted by Crippen LogP contribution is -2.09. The summed E-state index contributed by atoms with van der Waals surface area (Å²) >= 11 is 0. The molecule has 0 aliphatic rings. The van der Waals surface area contributed by atoms with E-state index in [4.69, 9.17) is 13.8 Å². The number of hydrogen-bond donors (Lipinski definition) is 0. The van der Waals surface area contributed by atoms with Crippen LogP contribution in [0.5, 0.6) is 0 Å². The van der Waals surface area contributed by atoms with Crippen molar-refractivity contribution in [1.82, 2.24) is 4.98 Å². The molecule has 4 heteroatoms. The Hall–Kier alpha value is -6.91. The maximum atomic E-state index is 6.48. The van der Waals surface area contributed by atoms with E-state index in [2.05, 4.69) is 132 Å². The third-order valence-corrected chi connectivity index (χ3v) is 9.71. The minimum Gasteiger partial charge on any atom is -0.456 e. The largest absolute Gasteiger partial charge is 0.456 e. The maximum Gasteiger partial charge on any atom is 0.227 e. The van der Waals surface area contributed by atoms with Crippen molar-refractivity contribution >= 4 is 60.9 Å². The Balaban J connectivity index is 1.10. The lowest BCUT2D eigenvalue weighted by Gasteiger charge is -2.26. The van der Waals surface area contributed by atoms with Gasteiger partial charge < -0.3 is 13.7 Å². The quantitative estimate of drug-likeness (QED) is 0.179. The maximum absolute atomic E-state index is 6.48. The molecule has 4 nitrogen and oxygen atoms in total. The van der Waals surface area contributed by atoms with E-state index in [-0.39, 0.29) is 0 Å². The zero-order valence-corrected chi connectivity index (χ0v) is 27.5. The number of benzene rings is 8. The summed E-state index contributed by atoms with van der Waals surface area (Å²) < 4.78 is 12.7. The Kier molecular flexibility index (Phi) is 6.78. The summed E-state index contributed by atoms with van der Waals surface area (Å²) in [6, 6.07) is 63.4. The van der Waals surface area contributed by atoms with Gasteiger partial charge in [-0.3, -0.25) is 0 Å². The van der Waals surface area contributed by atoms with Crippen molar-refractivity contribution in [1.29, 1.82) is 0 Å². The molecule has 0 amide bonds. The summed E-state index contributed by atoms with van der Waals surface area (Å²) in [5.74, 6) is 0.625. The first-order valence-electron chi connectivity index (χ1n) is 17.1. The molecule has 8 aromatic carbocycles. The number of nitrogens with zero attached hydrogens (tertiary/aromatic N) is 2. The van der Waals surface area contributed by atoms with Crippen molar-refractivity contribution in [3.05, 3.63) is 182 Å². The number of aromatic nitrogens is 1. The van der Waals surface area contributed by atoms with Gasteiger partial charge in [0.05, 0.1) is 0 Å². The molecular weight excluding hydrogens is 625 g/mol. The van der Waals surface area contributed by atoms with Crippen LogP contribution in [0.4, 0.5) is 17.1 Å². The highest BCUT2D eigenvalue weighted by molar-refractivity contribution is 6.11. The van der Waals surface area contributed by atoms with Gasteiger partial charge in [-0.15, -0.1) is 0 Å². The number of fused-ring (bicyclic) bond motifs is 6. The molecule has 0 unspecified atom stereocenters. The standard InChI is InChI=1S/C47H30N2O2/c1-3-10-31(11-4-1)32-18-23-36(24-19-32)49(38-27-29-44-41(30-38)40-15-7-8-17-43(40)50-44)37-25-20-33(21-26-37)39-16-9-14-34-22-28-42-46(45(34)39)51-47(48-42)35-12-5-2-6-13-35/h1-30H. The summed E-state index contributed by atoms with van der Waals surface area (Å²) in [5, 5.41) is 4.37. The predicted octanol–water partition coefficient (Wildman–Crippen LogP) is 13.4. The lowest BCUT2D eigenvalue weighted by atomic mass is 9.97. The minimum atomic E-state index is 0.625. The molecule has 0 N–H and O–H groups in total. The molecule has 2 aromatic heterocycles. The highest BCUT2D eigenvalue weighted by atomic mass is 16.3. The van der Waals surface area contributed by atoms with Crippen LogP contribution in [0, 0.1) is 0 Å². The molecular formula is C47H30N2O2. The summed E-state index contributed by atoms with van der Waals surface area (Å²) in [7, 11) is 0. The highest BCUT2D eigenvalue weighted by Gasteiger charge is 2.18. The van der Waals surface area contributed by atoms with E-state index < -0.39 is 0 Å². The van der Waals surface area contributed by atoms with E-state index in [9.17, 15) is 0 Å². The minimum absolute atomic E-state index is 0.625. The van der Waals surface area contributed by atoms with Gasteiger partial charge in [0.2, 0.25) is 5.89 Å². The van der Waals surface area contributed by atoms with Crippen LogP contribution in [0.3, 0.4) is 0 Å². The summed E-state index contributed by atoms with van der Waals surface area (Å²) in [4.78, 5) is 7.16. The molecule has 0 aliphatic heterocycles. The summed E-state index contributed by atoms with van der Waals surface area (Å²) in [6.07, 6.45) is 0. The van der Waals surface area contributed by atoms with Gasteiger partial charge in [-0.05, 0) is 94.4 Å². The SMILES string of the molecule is c1ccc(-c2ccc(N(c3ccc(-c4cccc5ccc6nc(-c7ccccc7)oc6c45)cc3)c3ccc4oc5ccccc5c4c3)cc2)cc1. The van der Waals surface area contributed by atoms with E-state index in [1.807, 2.05) is 54.6 Å². The van der Waals surface area contributed by atoms with Gasteiger partial charge in [0.1, 0.15) is 16.7 Å². The Morgan fingerprint density at radius 1 is 0.412 bits per heavy atom. The van der Waals surface area contributed by atoms with Gasteiger partial charge in [-0.25, -0.2) is 4.98 Å². The first kappa shape index (κ1) is 29.0. The molecule has 10 aromatic rings. The van der Waals surface area contributed by atoms with Crippen LogP contribution in [0.25, 0.3) is 77.5 Å². The molecule has 0 atom stereocenters. The molecule has 240 valence electrons. The molecule has 2 heterocycles. The average molecular weight is 655 g/mol. The number of oxazole rings is 1. The van der Waals surface area contributed by atoms with E-state index in [1.165, 1.54) is 11.1 Å². The van der Waals surface area contributed by atoms with Crippen molar-refractivity contribution in [3.63, 3.8) is 0 Å². The Morgan fingerprint density at radius 3 is 1.80 bits per heavy atom. The monoisotopic (exact) mass is 654 g/mol. The fourth-order valence-corrected chi connectivity index (χ4v) is 7.22. The normalized spacial score (nSPS) is 11.5. The zero-order chi connectivity index (χ0) is 33.7. The van der Waals surface area contributed by atoms with Gasteiger partial charge >= 0.3 is 0 Å². The molecule has 0 bridgehead atoms. The number of para-hydroxylation sites is 1. The Bertz CT molecular complexity index is 2840. The van der Waals surface area contributed by atoms with E-state index >= 15 is 0 Å². The fourth-order valence-electron chi connectivity index (χ4n) is 7.22. The first-order valence-corrected chi connectivity index (χ1v) is 17.1. The van der Waals surface area contributed by atoms with Gasteiger partial charge in [0.15, 0.2) is 5.58 Å². The third-order valence-electron chi connectivity index (χ3n) is 9.71. The smallest absolute Gasteiger partial charge is 0.227 e. The lowest BCUT2D eigenvalue weighted by molar-refractivity contribution is 0.623. The molecule has 51 heavy (non-hydrogen) atoms. The molecule has 0 spiro atoms. The van der Waals surface area contributed by atoms with Crippen molar-refractivity contribution in [2.24, 2.45) is 0 Å². The topological polar surface area (TPSA) is 42.4 Å². The van der Waals surface area contributed by atoms with Crippen LogP contribution in [-0.2, 0) is 0 Å². The number of hydrogen-bond acceptors (Lipinski definition) is 4. The van der Waals surface area contributed by atoms with E-state index in [0.29, 0.717) is 5.89 Å². The third kappa shape index (κ3) is 5.04. The van der Waals surface area contributed by atoms with Crippen molar-refractivity contribution in [3.8, 4) is 33.7 Å². The molecule has 0 saturated heterocycles. The number of rotatable bonds is 6. The second-order valence-electron chi connectivity index (χ2n) is 12.8. The van der Waals surface area contributed by atoms with Crippen molar-refractivity contribution in [2.45, 2.75) is 0 Å². The van der Waals surface area contributed by atoms with Crippen molar-refractivity contribution < 1.29 is 8.83 Å². The zero-order valence-electron chi connectivity index (χ0n) is 27.5. The van der Waals surface area contributed by atoms with Crippen LogP contribution in [0.15, 0.2) is 191 Å². The van der Waals surface area contributed by atoms with Crippen LogP contribution < -0.4 is 4.90 Å². The first-order chi connectivity index (χ1) is 25.3.